The van der Waals surface area contributed by atoms with Gasteiger partial charge in [-0.2, -0.15) is 0 Å². The molecular weight excluding hydrogens is 330 g/mol. The number of anilines is 2. The van der Waals surface area contributed by atoms with Crippen LogP contribution in [-0.2, 0) is 6.54 Å². The predicted octanol–water partition coefficient (Wildman–Crippen LogP) is 3.15. The highest BCUT2D eigenvalue weighted by Crippen LogP contribution is 2.23. The first kappa shape index (κ1) is 14.3. The van der Waals surface area contributed by atoms with Crippen LogP contribution in [0.15, 0.2) is 29.0 Å². The summed E-state index contributed by atoms with van der Waals surface area (Å²) in [4.78, 5) is 15.6. The molecule has 1 aliphatic rings. The first-order valence-corrected chi connectivity index (χ1v) is 7.94. The van der Waals surface area contributed by atoms with Gasteiger partial charge in [0.15, 0.2) is 0 Å². The Morgan fingerprint density at radius 3 is 2.62 bits per heavy atom. The highest BCUT2D eigenvalue weighted by atomic mass is 79.9. The van der Waals surface area contributed by atoms with Crippen molar-refractivity contribution in [1.82, 2.24) is 15.0 Å². The van der Waals surface area contributed by atoms with Gasteiger partial charge in [-0.15, -0.1) is 0 Å². The molecule has 5 nitrogen and oxygen atoms in total. The zero-order valence-electron chi connectivity index (χ0n) is 12.0. The Bertz CT molecular complexity index is 608. The molecule has 6 heteroatoms. The fourth-order valence-electron chi connectivity index (χ4n) is 2.49. The van der Waals surface area contributed by atoms with Crippen molar-refractivity contribution in [3.05, 3.63) is 40.3 Å². The molecule has 2 aromatic heterocycles. The third kappa shape index (κ3) is 3.50. The summed E-state index contributed by atoms with van der Waals surface area (Å²) >= 11 is 3.34. The summed E-state index contributed by atoms with van der Waals surface area (Å²) in [5.74, 6) is 1.73. The van der Waals surface area contributed by atoms with E-state index in [4.69, 9.17) is 4.98 Å². The zero-order chi connectivity index (χ0) is 14.7. The van der Waals surface area contributed by atoms with E-state index in [1.807, 2.05) is 6.92 Å². The van der Waals surface area contributed by atoms with Crippen LogP contribution in [0.3, 0.4) is 0 Å². The fourth-order valence-corrected chi connectivity index (χ4v) is 2.70. The summed E-state index contributed by atoms with van der Waals surface area (Å²) in [6.07, 6.45) is 5.98. The maximum Gasteiger partial charge on any atom is 0.222 e. The third-order valence-corrected chi connectivity index (χ3v) is 3.97. The summed E-state index contributed by atoms with van der Waals surface area (Å²) in [6, 6.07) is 4.20. The predicted molar refractivity (Wildman–Crippen MR) is 87.5 cm³/mol. The molecule has 3 heterocycles. The number of hydrogen-bond acceptors (Lipinski definition) is 5. The van der Waals surface area contributed by atoms with Crippen molar-refractivity contribution in [3.63, 3.8) is 0 Å². The van der Waals surface area contributed by atoms with Gasteiger partial charge < -0.3 is 10.2 Å². The Balaban J connectivity index is 1.76. The second-order valence-corrected chi connectivity index (χ2v) is 6.12. The number of nitrogens with one attached hydrogen (secondary N) is 1. The number of nitrogens with zero attached hydrogens (tertiary/aromatic N) is 4. The van der Waals surface area contributed by atoms with Gasteiger partial charge in [-0.3, -0.25) is 0 Å². The molecule has 2 aromatic rings. The summed E-state index contributed by atoms with van der Waals surface area (Å²) in [7, 11) is 0. The molecule has 0 unspecified atom stereocenters. The third-order valence-electron chi connectivity index (χ3n) is 3.56. The molecule has 0 saturated carbocycles. The minimum Gasteiger partial charge on any atom is -0.356 e. The molecule has 110 valence electrons. The van der Waals surface area contributed by atoms with E-state index in [9.17, 15) is 0 Å². The van der Waals surface area contributed by atoms with E-state index >= 15 is 0 Å². The van der Waals surface area contributed by atoms with Crippen LogP contribution in [-0.4, -0.2) is 28.0 Å². The average molecular weight is 348 g/mol. The minimum absolute atomic E-state index is 0.631. The van der Waals surface area contributed by atoms with Crippen molar-refractivity contribution >= 4 is 27.7 Å². The van der Waals surface area contributed by atoms with Crippen LogP contribution in [0.4, 0.5) is 11.8 Å². The van der Waals surface area contributed by atoms with Crippen LogP contribution >= 0.6 is 15.9 Å². The van der Waals surface area contributed by atoms with Gasteiger partial charge in [-0.1, -0.05) is 6.07 Å². The summed E-state index contributed by atoms with van der Waals surface area (Å²) in [5.41, 5.74) is 2.24. The van der Waals surface area contributed by atoms with Crippen LogP contribution in [0, 0.1) is 6.92 Å². The van der Waals surface area contributed by atoms with Crippen molar-refractivity contribution in [2.45, 2.75) is 26.3 Å². The van der Waals surface area contributed by atoms with Crippen molar-refractivity contribution in [1.29, 1.82) is 0 Å². The van der Waals surface area contributed by atoms with Gasteiger partial charge in [0, 0.05) is 43.3 Å². The Hall–Kier alpha value is -1.69. The van der Waals surface area contributed by atoms with Crippen LogP contribution in [0.1, 0.15) is 24.1 Å². The summed E-state index contributed by atoms with van der Waals surface area (Å²) < 4.78 is 0.878. The molecule has 0 aromatic carbocycles. The molecule has 3 rings (SSSR count). The molecule has 1 saturated heterocycles. The second kappa shape index (κ2) is 6.39. The Kier molecular flexibility index (Phi) is 4.34. The van der Waals surface area contributed by atoms with Crippen molar-refractivity contribution in [2.24, 2.45) is 0 Å². The van der Waals surface area contributed by atoms with Crippen LogP contribution in [0.5, 0.6) is 0 Å². The van der Waals surface area contributed by atoms with Gasteiger partial charge in [0.25, 0.3) is 0 Å². The van der Waals surface area contributed by atoms with E-state index in [2.05, 4.69) is 48.2 Å². The molecule has 0 aliphatic carbocycles. The normalized spacial score (nSPS) is 14.5. The molecule has 1 fully saturated rings. The van der Waals surface area contributed by atoms with Crippen LogP contribution < -0.4 is 10.2 Å². The minimum atomic E-state index is 0.631. The van der Waals surface area contributed by atoms with Gasteiger partial charge in [0.1, 0.15) is 5.82 Å². The molecule has 1 N–H and O–H groups in total. The van der Waals surface area contributed by atoms with Crippen LogP contribution in [0.2, 0.25) is 0 Å². The quantitative estimate of drug-likeness (QED) is 0.920. The molecule has 0 spiro atoms. The van der Waals surface area contributed by atoms with Gasteiger partial charge in [-0.05, 0) is 41.8 Å². The van der Waals surface area contributed by atoms with E-state index in [0.29, 0.717) is 12.5 Å². The number of aryl methyl sites for hydroxylation is 1. The van der Waals surface area contributed by atoms with Gasteiger partial charge >= 0.3 is 0 Å². The lowest BCUT2D eigenvalue weighted by molar-refractivity contribution is 0.903. The molecular formula is C15H18BrN5. The van der Waals surface area contributed by atoms with E-state index in [1.54, 1.807) is 12.4 Å². The summed E-state index contributed by atoms with van der Waals surface area (Å²) in [5, 5.41) is 3.26. The molecule has 0 amide bonds. The zero-order valence-corrected chi connectivity index (χ0v) is 13.6. The van der Waals surface area contributed by atoms with Gasteiger partial charge in [-0.25, -0.2) is 15.0 Å². The van der Waals surface area contributed by atoms with Crippen LogP contribution in [0.25, 0.3) is 0 Å². The lowest BCUT2D eigenvalue weighted by Crippen LogP contribution is -2.22. The standard InChI is InChI=1S/C15H18BrN5/c1-11-4-5-12(14(20-11)21-6-2-3-7-21)8-17-15-18-9-13(16)10-19-15/h4-5,9-10H,2-3,6-8H2,1H3,(H,17,18,19). The molecule has 0 atom stereocenters. The van der Waals surface area contributed by atoms with E-state index in [-0.39, 0.29) is 0 Å². The fraction of sp³-hybridized carbons (Fsp3) is 0.400. The highest BCUT2D eigenvalue weighted by Gasteiger charge is 2.17. The van der Waals surface area contributed by atoms with Crippen molar-refractivity contribution in [2.75, 3.05) is 23.3 Å². The lowest BCUT2D eigenvalue weighted by atomic mass is 10.2. The lowest BCUT2D eigenvalue weighted by Gasteiger charge is -2.20. The Morgan fingerprint density at radius 1 is 1.19 bits per heavy atom. The summed E-state index contributed by atoms with van der Waals surface area (Å²) in [6.45, 7) is 4.91. The first-order chi connectivity index (χ1) is 10.2. The smallest absolute Gasteiger partial charge is 0.222 e. The number of hydrogen-bond donors (Lipinski definition) is 1. The molecule has 21 heavy (non-hydrogen) atoms. The number of rotatable bonds is 4. The van der Waals surface area contributed by atoms with E-state index in [0.717, 1.165) is 29.1 Å². The maximum atomic E-state index is 4.72. The Morgan fingerprint density at radius 2 is 1.90 bits per heavy atom. The maximum absolute atomic E-state index is 4.72. The highest BCUT2D eigenvalue weighted by molar-refractivity contribution is 9.10. The Labute approximate surface area is 133 Å². The molecule has 0 radical (unpaired) electrons. The van der Waals surface area contributed by atoms with E-state index in [1.165, 1.54) is 18.4 Å². The van der Waals surface area contributed by atoms with Crippen molar-refractivity contribution in [3.8, 4) is 0 Å². The number of pyridine rings is 1. The topological polar surface area (TPSA) is 53.9 Å². The van der Waals surface area contributed by atoms with Crippen molar-refractivity contribution < 1.29 is 0 Å². The monoisotopic (exact) mass is 347 g/mol. The number of aromatic nitrogens is 3. The number of halogens is 1. The molecule has 1 aliphatic heterocycles. The van der Waals surface area contributed by atoms with Gasteiger partial charge in [0.05, 0.1) is 4.47 Å². The SMILES string of the molecule is Cc1ccc(CNc2ncc(Br)cn2)c(N2CCCC2)n1. The largest absolute Gasteiger partial charge is 0.356 e. The van der Waals surface area contributed by atoms with E-state index < -0.39 is 0 Å². The first-order valence-electron chi connectivity index (χ1n) is 7.15. The second-order valence-electron chi connectivity index (χ2n) is 5.21. The molecule has 0 bridgehead atoms. The van der Waals surface area contributed by atoms with Gasteiger partial charge in [0.2, 0.25) is 5.95 Å². The average Bonchev–Trinajstić information content (AvgIpc) is 3.02.